The number of carboxylic acids is 1. The van der Waals surface area contributed by atoms with E-state index in [1.54, 1.807) is 0 Å². The van der Waals surface area contributed by atoms with Crippen LogP contribution < -0.4 is 0 Å². The molecule has 21 heavy (non-hydrogen) atoms. The Balaban J connectivity index is 2.08. The van der Waals surface area contributed by atoms with Crippen LogP contribution in [0.5, 0.6) is 0 Å². The second-order valence-electron chi connectivity index (χ2n) is 7.08. The van der Waals surface area contributed by atoms with Gasteiger partial charge in [-0.05, 0) is 37.5 Å². The second-order valence-corrected chi connectivity index (χ2v) is 7.08. The fourth-order valence-corrected chi connectivity index (χ4v) is 4.32. The highest BCUT2D eigenvalue weighted by Crippen LogP contribution is 2.40. The summed E-state index contributed by atoms with van der Waals surface area (Å²) < 4.78 is 0. The summed E-state index contributed by atoms with van der Waals surface area (Å²) in [5.74, 6) is -0.613. The van der Waals surface area contributed by atoms with Gasteiger partial charge < -0.3 is 10.0 Å². The van der Waals surface area contributed by atoms with Crippen molar-refractivity contribution in [2.24, 2.45) is 23.7 Å². The largest absolute Gasteiger partial charge is 0.481 e. The van der Waals surface area contributed by atoms with Crippen LogP contribution >= 0.6 is 0 Å². The van der Waals surface area contributed by atoms with E-state index in [0.29, 0.717) is 24.3 Å². The number of nitrogens with zero attached hydrogens (tertiary/aromatic N) is 1. The van der Waals surface area contributed by atoms with E-state index in [-0.39, 0.29) is 11.8 Å². The minimum Gasteiger partial charge on any atom is -0.481 e. The number of carboxylic acid groups (broad SMARTS) is 1. The van der Waals surface area contributed by atoms with Gasteiger partial charge in [-0.25, -0.2) is 0 Å². The fourth-order valence-electron chi connectivity index (χ4n) is 4.32. The zero-order valence-electron chi connectivity index (χ0n) is 13.5. The minimum atomic E-state index is -0.797. The lowest BCUT2D eigenvalue weighted by molar-refractivity contribution is -0.150. The predicted molar refractivity (Wildman–Crippen MR) is 81.8 cm³/mol. The Kier molecular flexibility index (Phi) is 5.28. The van der Waals surface area contributed by atoms with Gasteiger partial charge in [0.1, 0.15) is 0 Å². The molecule has 2 saturated carbocycles. The molecule has 120 valence electrons. The molecule has 0 aromatic heterocycles. The molecule has 0 bridgehead atoms. The fraction of sp³-hybridized carbons (Fsp3) is 0.882. The van der Waals surface area contributed by atoms with Gasteiger partial charge in [-0.2, -0.15) is 0 Å². The summed E-state index contributed by atoms with van der Waals surface area (Å²) >= 11 is 0. The normalized spacial score (nSPS) is 36.4. The van der Waals surface area contributed by atoms with Crippen LogP contribution in [0.4, 0.5) is 0 Å². The monoisotopic (exact) mass is 295 g/mol. The summed E-state index contributed by atoms with van der Waals surface area (Å²) in [7, 11) is 1.88. The van der Waals surface area contributed by atoms with Crippen LogP contribution in [0.2, 0.25) is 0 Å². The molecule has 4 nitrogen and oxygen atoms in total. The van der Waals surface area contributed by atoms with Gasteiger partial charge in [-0.15, -0.1) is 0 Å². The van der Waals surface area contributed by atoms with Gasteiger partial charge in [0.25, 0.3) is 0 Å². The Hall–Kier alpha value is -1.06. The first-order valence-corrected chi connectivity index (χ1v) is 8.45. The van der Waals surface area contributed by atoms with E-state index >= 15 is 0 Å². The van der Waals surface area contributed by atoms with Crippen LogP contribution in [-0.2, 0) is 9.59 Å². The Morgan fingerprint density at radius 1 is 1.14 bits per heavy atom. The maximum Gasteiger partial charge on any atom is 0.307 e. The molecule has 2 aliphatic carbocycles. The lowest BCUT2D eigenvalue weighted by atomic mass is 9.84. The molecule has 2 aliphatic rings. The number of rotatable bonds is 4. The minimum absolute atomic E-state index is 0.0668. The van der Waals surface area contributed by atoms with E-state index in [0.717, 1.165) is 19.3 Å². The van der Waals surface area contributed by atoms with Crippen LogP contribution in [0.3, 0.4) is 0 Å². The van der Waals surface area contributed by atoms with Crippen molar-refractivity contribution in [2.45, 2.75) is 64.8 Å². The van der Waals surface area contributed by atoms with Crippen molar-refractivity contribution in [2.75, 3.05) is 7.05 Å². The zero-order chi connectivity index (χ0) is 15.6. The van der Waals surface area contributed by atoms with Crippen LogP contribution in [0, 0.1) is 23.7 Å². The number of hydrogen-bond donors (Lipinski definition) is 1. The SMILES string of the molecule is CCC1C[C@H](C(=O)N(C)C2CCCCC2C)[C@H](C(=O)O)C1. The first kappa shape index (κ1) is 16.3. The van der Waals surface area contributed by atoms with Crippen molar-refractivity contribution >= 4 is 11.9 Å². The summed E-state index contributed by atoms with van der Waals surface area (Å²) in [6.45, 7) is 4.30. The number of aliphatic carboxylic acids is 1. The molecule has 0 aliphatic heterocycles. The number of carbonyl (C=O) groups excluding carboxylic acids is 1. The number of carbonyl (C=O) groups is 2. The average molecular weight is 295 g/mol. The Labute approximate surface area is 127 Å². The van der Waals surface area contributed by atoms with Gasteiger partial charge in [0.05, 0.1) is 11.8 Å². The Bertz CT molecular complexity index is 395. The van der Waals surface area contributed by atoms with Gasteiger partial charge in [0, 0.05) is 13.1 Å². The summed E-state index contributed by atoms with van der Waals surface area (Å²) in [4.78, 5) is 26.2. The predicted octanol–water partition coefficient (Wildman–Crippen LogP) is 3.16. The number of amides is 1. The van der Waals surface area contributed by atoms with Crippen molar-refractivity contribution in [3.63, 3.8) is 0 Å². The van der Waals surface area contributed by atoms with Gasteiger partial charge in [-0.1, -0.05) is 33.1 Å². The van der Waals surface area contributed by atoms with Crippen molar-refractivity contribution in [1.29, 1.82) is 0 Å². The molecule has 0 aromatic carbocycles. The van der Waals surface area contributed by atoms with Crippen molar-refractivity contribution in [3.8, 4) is 0 Å². The third-order valence-electron chi connectivity index (χ3n) is 5.78. The van der Waals surface area contributed by atoms with Crippen LogP contribution in [0.15, 0.2) is 0 Å². The molecular formula is C17H29NO3. The molecule has 2 fully saturated rings. The van der Waals surface area contributed by atoms with E-state index in [1.807, 2.05) is 11.9 Å². The van der Waals surface area contributed by atoms with Crippen molar-refractivity contribution < 1.29 is 14.7 Å². The Morgan fingerprint density at radius 3 is 2.33 bits per heavy atom. The quantitative estimate of drug-likeness (QED) is 0.866. The van der Waals surface area contributed by atoms with Gasteiger partial charge in [-0.3, -0.25) is 9.59 Å². The molecule has 0 saturated heterocycles. The molecule has 0 aromatic rings. The molecule has 0 heterocycles. The summed E-state index contributed by atoms with van der Waals surface area (Å²) in [5.41, 5.74) is 0. The topological polar surface area (TPSA) is 57.6 Å². The average Bonchev–Trinajstić information content (AvgIpc) is 2.90. The van der Waals surface area contributed by atoms with Crippen molar-refractivity contribution in [3.05, 3.63) is 0 Å². The van der Waals surface area contributed by atoms with E-state index in [9.17, 15) is 14.7 Å². The van der Waals surface area contributed by atoms with Crippen LogP contribution in [0.25, 0.3) is 0 Å². The maximum atomic E-state index is 12.8. The standard InChI is InChI=1S/C17H29NO3/c1-4-12-9-13(14(10-12)17(20)21)16(19)18(3)15-8-6-5-7-11(15)2/h11-15H,4-10H2,1-3H3,(H,20,21)/t11?,12?,13-,14+,15?/m0/s1. The zero-order valence-corrected chi connectivity index (χ0v) is 13.5. The van der Waals surface area contributed by atoms with Crippen LogP contribution in [-0.4, -0.2) is 35.0 Å². The van der Waals surface area contributed by atoms with Gasteiger partial charge >= 0.3 is 5.97 Å². The second kappa shape index (κ2) is 6.80. The van der Waals surface area contributed by atoms with E-state index < -0.39 is 11.9 Å². The summed E-state index contributed by atoms with van der Waals surface area (Å²) in [6, 6.07) is 0.293. The molecule has 3 unspecified atom stereocenters. The smallest absolute Gasteiger partial charge is 0.307 e. The lowest BCUT2D eigenvalue weighted by Crippen LogP contribution is -2.46. The highest BCUT2D eigenvalue weighted by atomic mass is 16.4. The maximum absolute atomic E-state index is 12.8. The molecule has 1 amide bonds. The molecule has 0 spiro atoms. The first-order chi connectivity index (χ1) is 9.95. The summed E-state index contributed by atoms with van der Waals surface area (Å²) in [5, 5.41) is 9.42. The highest BCUT2D eigenvalue weighted by Gasteiger charge is 2.44. The third kappa shape index (κ3) is 3.41. The Morgan fingerprint density at radius 2 is 1.76 bits per heavy atom. The molecular weight excluding hydrogens is 266 g/mol. The van der Waals surface area contributed by atoms with Gasteiger partial charge in [0.2, 0.25) is 5.91 Å². The molecule has 4 heteroatoms. The van der Waals surface area contributed by atoms with E-state index in [4.69, 9.17) is 0 Å². The lowest BCUT2D eigenvalue weighted by Gasteiger charge is -2.38. The molecule has 1 N–H and O–H groups in total. The molecule has 2 rings (SSSR count). The van der Waals surface area contributed by atoms with Crippen LogP contribution in [0.1, 0.15) is 58.8 Å². The first-order valence-electron chi connectivity index (χ1n) is 8.45. The highest BCUT2D eigenvalue weighted by molar-refractivity contribution is 5.85. The summed E-state index contributed by atoms with van der Waals surface area (Å²) in [6.07, 6.45) is 7.04. The van der Waals surface area contributed by atoms with Gasteiger partial charge in [0.15, 0.2) is 0 Å². The third-order valence-corrected chi connectivity index (χ3v) is 5.78. The van der Waals surface area contributed by atoms with E-state index in [1.165, 1.54) is 19.3 Å². The molecule has 5 atom stereocenters. The number of hydrogen-bond acceptors (Lipinski definition) is 2. The molecule has 0 radical (unpaired) electrons. The van der Waals surface area contributed by atoms with E-state index in [2.05, 4.69) is 13.8 Å². The van der Waals surface area contributed by atoms with Crippen molar-refractivity contribution in [1.82, 2.24) is 4.90 Å².